The molecule has 1 aliphatic heterocycles. The Kier molecular flexibility index (Phi) is 15.5. The molecule has 10 nitrogen and oxygen atoms in total. The van der Waals surface area contributed by atoms with E-state index in [0.717, 1.165) is 67.2 Å². The third-order valence-corrected chi connectivity index (χ3v) is 10.8. The Balaban J connectivity index is 1.36. The summed E-state index contributed by atoms with van der Waals surface area (Å²) in [6.45, 7) is 5.85. The van der Waals surface area contributed by atoms with Crippen molar-refractivity contribution < 1.29 is 23.9 Å². The van der Waals surface area contributed by atoms with E-state index in [4.69, 9.17) is 4.74 Å². The molecule has 0 saturated heterocycles. The molecular weight excluding hydrogens is 691 g/mol. The molecule has 2 atom stereocenters. The maximum atomic E-state index is 14.2. The lowest BCUT2D eigenvalue weighted by atomic mass is 9.82. The van der Waals surface area contributed by atoms with Crippen LogP contribution in [0.5, 0.6) is 0 Å². The molecule has 0 bridgehead atoms. The van der Waals surface area contributed by atoms with Crippen molar-refractivity contribution >= 4 is 23.8 Å². The summed E-state index contributed by atoms with van der Waals surface area (Å²) in [5.41, 5.74) is 4.55. The average Bonchev–Trinajstić information content (AvgIpc) is 3.20. The predicted octanol–water partition coefficient (Wildman–Crippen LogP) is 7.47. The molecule has 10 heteroatoms. The van der Waals surface area contributed by atoms with Crippen molar-refractivity contribution in [1.82, 2.24) is 25.3 Å². The highest BCUT2D eigenvalue weighted by Gasteiger charge is 2.38. The Bertz CT molecular complexity index is 1740. The number of nitrogens with one attached hydrogen (secondary N) is 2. The molecule has 2 N–H and O–H groups in total. The number of carbonyl (C=O) groups excluding carboxylic acids is 4. The molecule has 1 aliphatic carbocycles. The number of carbonyl (C=O) groups is 4. The number of nitrogens with zero attached hydrogens (tertiary/aromatic N) is 3. The first-order valence-corrected chi connectivity index (χ1v) is 20.0. The first-order valence-electron chi connectivity index (χ1n) is 20.0. The SMILES string of the molecule is CCCCNC(=O)C(C1CCCCC1)N(CCN(C)C)C(=O)CCCN1C(=O)NC(c2ccc(-c3ccccc3)cc2)C(C(=O)OCc2ccccc2)=C1C. The second-order valence-electron chi connectivity index (χ2n) is 15.1. The van der Waals surface area contributed by atoms with Crippen LogP contribution in [0.15, 0.2) is 96.2 Å². The molecule has 3 aromatic carbocycles. The van der Waals surface area contributed by atoms with E-state index in [-0.39, 0.29) is 43.3 Å². The van der Waals surface area contributed by atoms with Gasteiger partial charge in [-0.15, -0.1) is 0 Å². The van der Waals surface area contributed by atoms with E-state index in [1.54, 1.807) is 16.7 Å². The van der Waals surface area contributed by atoms with Crippen molar-refractivity contribution in [3.8, 4) is 11.1 Å². The van der Waals surface area contributed by atoms with Gasteiger partial charge in [0.2, 0.25) is 11.8 Å². The first-order chi connectivity index (χ1) is 26.7. The van der Waals surface area contributed by atoms with Crippen LogP contribution in [0.4, 0.5) is 4.79 Å². The number of rotatable bonds is 18. The third kappa shape index (κ3) is 11.3. The van der Waals surface area contributed by atoms with Crippen molar-refractivity contribution in [2.24, 2.45) is 5.92 Å². The molecule has 55 heavy (non-hydrogen) atoms. The molecule has 2 unspecified atom stereocenters. The zero-order chi connectivity index (χ0) is 39.2. The van der Waals surface area contributed by atoms with Gasteiger partial charge in [-0.05, 0) is 74.9 Å². The highest BCUT2D eigenvalue weighted by atomic mass is 16.5. The summed E-state index contributed by atoms with van der Waals surface area (Å²) in [7, 11) is 3.94. The van der Waals surface area contributed by atoms with Crippen molar-refractivity contribution in [3.05, 3.63) is 107 Å². The van der Waals surface area contributed by atoms with Crippen molar-refractivity contribution in [2.75, 3.05) is 40.3 Å². The Morgan fingerprint density at radius 1 is 0.873 bits per heavy atom. The van der Waals surface area contributed by atoms with Crippen LogP contribution in [0, 0.1) is 5.92 Å². The number of allylic oxidation sites excluding steroid dienone is 1. The second kappa shape index (κ2) is 20.6. The summed E-state index contributed by atoms with van der Waals surface area (Å²) < 4.78 is 5.85. The Morgan fingerprint density at radius 3 is 2.18 bits per heavy atom. The van der Waals surface area contributed by atoms with Gasteiger partial charge in [0, 0.05) is 38.3 Å². The van der Waals surface area contributed by atoms with Crippen LogP contribution in [-0.4, -0.2) is 84.8 Å². The minimum absolute atomic E-state index is 0.0665. The van der Waals surface area contributed by atoms with E-state index in [1.165, 1.54) is 0 Å². The summed E-state index contributed by atoms with van der Waals surface area (Å²) in [5, 5.41) is 6.20. The van der Waals surface area contributed by atoms with E-state index in [9.17, 15) is 19.2 Å². The normalized spacial score (nSPS) is 16.8. The van der Waals surface area contributed by atoms with E-state index < -0.39 is 18.1 Å². The van der Waals surface area contributed by atoms with Gasteiger partial charge in [-0.1, -0.05) is 118 Å². The quantitative estimate of drug-likeness (QED) is 0.103. The summed E-state index contributed by atoms with van der Waals surface area (Å²) in [5.74, 6) is -0.564. The van der Waals surface area contributed by atoms with Gasteiger partial charge in [-0.3, -0.25) is 14.5 Å². The van der Waals surface area contributed by atoms with Crippen LogP contribution in [0.2, 0.25) is 0 Å². The van der Waals surface area contributed by atoms with Crippen LogP contribution in [-0.2, 0) is 25.7 Å². The van der Waals surface area contributed by atoms with Crippen LogP contribution in [0.1, 0.15) is 88.8 Å². The highest BCUT2D eigenvalue weighted by molar-refractivity contribution is 5.95. The molecule has 1 heterocycles. The summed E-state index contributed by atoms with van der Waals surface area (Å²) in [6, 6.07) is 25.8. The van der Waals surface area contributed by atoms with Gasteiger partial charge >= 0.3 is 12.0 Å². The standard InChI is InChI=1S/C45H59N5O5/c1-5-6-28-46-43(52)42(38-21-14-9-15-22-38)50(31-30-48(3)4)39(51)23-16-29-49-33(2)40(44(53)55-32-34-17-10-7-11-18-34)41(47-45(49)54)37-26-24-36(25-27-37)35-19-12-8-13-20-35/h7-8,10-13,17-20,24-27,38,41-42H,5-6,9,14-16,21-23,28-32H2,1-4H3,(H,46,52)(H,47,54). The van der Waals surface area contributed by atoms with Gasteiger partial charge < -0.3 is 25.2 Å². The molecule has 4 amide bonds. The topological polar surface area (TPSA) is 111 Å². The molecule has 294 valence electrons. The van der Waals surface area contributed by atoms with Gasteiger partial charge in [0.05, 0.1) is 11.6 Å². The highest BCUT2D eigenvalue weighted by Crippen LogP contribution is 2.34. The fourth-order valence-electron chi connectivity index (χ4n) is 7.68. The lowest BCUT2D eigenvalue weighted by Gasteiger charge is -2.39. The van der Waals surface area contributed by atoms with Crippen molar-refractivity contribution in [3.63, 3.8) is 0 Å². The molecule has 5 rings (SSSR count). The van der Waals surface area contributed by atoms with E-state index in [1.807, 2.05) is 104 Å². The van der Waals surface area contributed by atoms with E-state index >= 15 is 0 Å². The molecule has 0 spiro atoms. The number of benzene rings is 3. The van der Waals surface area contributed by atoms with Crippen molar-refractivity contribution in [1.29, 1.82) is 0 Å². The monoisotopic (exact) mass is 749 g/mol. The number of ether oxygens (including phenoxy) is 1. The van der Waals surface area contributed by atoms with E-state index in [2.05, 4.69) is 17.6 Å². The number of likely N-dealkylation sites (N-methyl/N-ethyl adjacent to an activating group) is 1. The predicted molar refractivity (Wildman–Crippen MR) is 217 cm³/mol. The summed E-state index contributed by atoms with van der Waals surface area (Å²) >= 11 is 0. The Morgan fingerprint density at radius 2 is 1.53 bits per heavy atom. The molecule has 1 saturated carbocycles. The minimum atomic E-state index is -0.720. The first kappa shape index (κ1) is 41.2. The van der Waals surface area contributed by atoms with Gasteiger partial charge in [-0.25, -0.2) is 9.59 Å². The fraction of sp³-hybridized carbons (Fsp3) is 0.467. The summed E-state index contributed by atoms with van der Waals surface area (Å²) in [4.78, 5) is 61.0. The van der Waals surface area contributed by atoms with Gasteiger partial charge in [0.25, 0.3) is 0 Å². The lowest BCUT2D eigenvalue weighted by molar-refractivity contribution is -0.143. The smallest absolute Gasteiger partial charge is 0.338 e. The largest absolute Gasteiger partial charge is 0.457 e. The number of urea groups is 1. The number of hydrogen-bond donors (Lipinski definition) is 2. The second-order valence-corrected chi connectivity index (χ2v) is 15.1. The van der Waals surface area contributed by atoms with Gasteiger partial charge in [0.1, 0.15) is 12.6 Å². The molecule has 2 aliphatic rings. The molecular formula is C45H59N5O5. The van der Waals surface area contributed by atoms with Crippen LogP contribution >= 0.6 is 0 Å². The fourth-order valence-corrected chi connectivity index (χ4v) is 7.68. The zero-order valence-corrected chi connectivity index (χ0v) is 33.1. The number of esters is 1. The van der Waals surface area contributed by atoms with Gasteiger partial charge in [-0.2, -0.15) is 0 Å². The number of amides is 4. The lowest BCUT2D eigenvalue weighted by Crippen LogP contribution is -2.55. The maximum Gasteiger partial charge on any atom is 0.338 e. The van der Waals surface area contributed by atoms with Gasteiger partial charge in [0.15, 0.2) is 0 Å². The molecule has 0 aromatic heterocycles. The van der Waals surface area contributed by atoms with Crippen molar-refractivity contribution in [2.45, 2.75) is 90.3 Å². The average molecular weight is 750 g/mol. The Labute approximate surface area is 327 Å². The third-order valence-electron chi connectivity index (χ3n) is 10.8. The Hall–Kier alpha value is -4.96. The maximum absolute atomic E-state index is 14.2. The molecule has 1 fully saturated rings. The minimum Gasteiger partial charge on any atom is -0.457 e. The zero-order valence-electron chi connectivity index (χ0n) is 33.1. The van der Waals surface area contributed by atoms with Crippen LogP contribution in [0.25, 0.3) is 11.1 Å². The number of hydrogen-bond acceptors (Lipinski definition) is 6. The number of unbranched alkanes of at least 4 members (excludes halogenated alkanes) is 1. The molecule has 3 aromatic rings. The molecule has 0 radical (unpaired) electrons. The van der Waals surface area contributed by atoms with Crippen LogP contribution in [0.3, 0.4) is 0 Å². The summed E-state index contributed by atoms with van der Waals surface area (Å²) in [6.07, 6.45) is 7.51. The van der Waals surface area contributed by atoms with E-state index in [0.29, 0.717) is 37.3 Å². The van der Waals surface area contributed by atoms with Crippen LogP contribution < -0.4 is 10.6 Å².